The van der Waals surface area contributed by atoms with Crippen LogP contribution in [0.2, 0.25) is 0 Å². The second-order valence-corrected chi connectivity index (χ2v) is 3.61. The second kappa shape index (κ2) is 4.00. The van der Waals surface area contributed by atoms with Crippen LogP contribution >= 0.6 is 0 Å². The van der Waals surface area contributed by atoms with Gasteiger partial charge in [-0.25, -0.2) is 13.2 Å². The monoisotopic (exact) mass is 222 g/mol. The molecule has 0 saturated carbocycles. The lowest BCUT2D eigenvalue weighted by molar-refractivity contribution is 0.548. The highest BCUT2D eigenvalue weighted by Crippen LogP contribution is 2.26. The molecule has 0 bridgehead atoms. The van der Waals surface area contributed by atoms with Gasteiger partial charge < -0.3 is 0 Å². The fourth-order valence-corrected chi connectivity index (χ4v) is 1.54. The van der Waals surface area contributed by atoms with E-state index in [-0.39, 0.29) is 5.56 Å². The molecular formula is C13H9F3. The SMILES string of the molecule is Cc1ccc(-c2c(F)cc(F)cc2F)cc1. The number of hydrogen-bond acceptors (Lipinski definition) is 0. The number of rotatable bonds is 1. The van der Waals surface area contributed by atoms with E-state index in [9.17, 15) is 13.2 Å². The molecule has 0 N–H and O–H groups in total. The number of halogens is 3. The van der Waals surface area contributed by atoms with E-state index >= 15 is 0 Å². The summed E-state index contributed by atoms with van der Waals surface area (Å²) in [4.78, 5) is 0. The maximum absolute atomic E-state index is 13.4. The van der Waals surface area contributed by atoms with Crippen LogP contribution in [-0.4, -0.2) is 0 Å². The van der Waals surface area contributed by atoms with Gasteiger partial charge >= 0.3 is 0 Å². The molecule has 0 aliphatic heterocycles. The zero-order valence-electron chi connectivity index (χ0n) is 8.60. The predicted molar refractivity (Wildman–Crippen MR) is 56.5 cm³/mol. The normalized spacial score (nSPS) is 10.5. The summed E-state index contributed by atoms with van der Waals surface area (Å²) in [7, 11) is 0. The predicted octanol–water partition coefficient (Wildman–Crippen LogP) is 4.08. The van der Waals surface area contributed by atoms with Crippen molar-refractivity contribution in [3.8, 4) is 11.1 Å². The first-order chi connectivity index (χ1) is 7.58. The smallest absolute Gasteiger partial charge is 0.136 e. The van der Waals surface area contributed by atoms with Gasteiger partial charge in [0.25, 0.3) is 0 Å². The number of benzene rings is 2. The molecule has 0 radical (unpaired) electrons. The highest BCUT2D eigenvalue weighted by molar-refractivity contribution is 5.65. The third-order valence-corrected chi connectivity index (χ3v) is 2.35. The zero-order chi connectivity index (χ0) is 11.7. The lowest BCUT2D eigenvalue weighted by Gasteiger charge is -2.05. The van der Waals surface area contributed by atoms with Crippen molar-refractivity contribution in [1.29, 1.82) is 0 Å². The molecule has 0 amide bonds. The molecule has 2 aromatic carbocycles. The average Bonchev–Trinajstić information content (AvgIpc) is 2.19. The van der Waals surface area contributed by atoms with Gasteiger partial charge in [0.2, 0.25) is 0 Å². The molecule has 0 unspecified atom stereocenters. The van der Waals surface area contributed by atoms with Crippen LogP contribution in [0.4, 0.5) is 13.2 Å². The number of hydrogen-bond donors (Lipinski definition) is 0. The van der Waals surface area contributed by atoms with E-state index in [0.29, 0.717) is 17.7 Å². The molecule has 16 heavy (non-hydrogen) atoms. The highest BCUT2D eigenvalue weighted by Gasteiger charge is 2.12. The summed E-state index contributed by atoms with van der Waals surface area (Å²) >= 11 is 0. The Balaban J connectivity index is 2.60. The van der Waals surface area contributed by atoms with Crippen molar-refractivity contribution in [2.75, 3.05) is 0 Å². The molecule has 0 saturated heterocycles. The summed E-state index contributed by atoms with van der Waals surface area (Å²) in [5.74, 6) is -2.69. The van der Waals surface area contributed by atoms with E-state index in [2.05, 4.69) is 0 Å². The first kappa shape index (κ1) is 10.7. The van der Waals surface area contributed by atoms with Crippen LogP contribution in [0.25, 0.3) is 11.1 Å². The van der Waals surface area contributed by atoms with Crippen LogP contribution in [0.15, 0.2) is 36.4 Å². The molecule has 0 aromatic heterocycles. The van der Waals surface area contributed by atoms with Crippen molar-refractivity contribution < 1.29 is 13.2 Å². The van der Waals surface area contributed by atoms with Crippen LogP contribution in [0.3, 0.4) is 0 Å². The molecule has 3 heteroatoms. The van der Waals surface area contributed by atoms with Crippen molar-refractivity contribution in [2.45, 2.75) is 6.92 Å². The maximum Gasteiger partial charge on any atom is 0.136 e. The Kier molecular flexibility index (Phi) is 2.69. The minimum Gasteiger partial charge on any atom is -0.207 e. The van der Waals surface area contributed by atoms with Crippen LogP contribution in [-0.2, 0) is 0 Å². The molecule has 0 aliphatic rings. The fourth-order valence-electron chi connectivity index (χ4n) is 1.54. The van der Waals surface area contributed by atoms with Crippen molar-refractivity contribution in [3.63, 3.8) is 0 Å². The Morgan fingerprint density at radius 1 is 0.812 bits per heavy atom. The van der Waals surface area contributed by atoms with Gasteiger partial charge in [0, 0.05) is 12.1 Å². The van der Waals surface area contributed by atoms with E-state index in [0.717, 1.165) is 5.56 Å². The summed E-state index contributed by atoms with van der Waals surface area (Å²) in [6.45, 7) is 1.88. The summed E-state index contributed by atoms with van der Waals surface area (Å²) in [5.41, 5.74) is 1.20. The average molecular weight is 222 g/mol. The first-order valence-electron chi connectivity index (χ1n) is 4.79. The Labute approximate surface area is 91.4 Å². The van der Waals surface area contributed by atoms with Crippen molar-refractivity contribution in [3.05, 3.63) is 59.4 Å². The van der Waals surface area contributed by atoms with Crippen LogP contribution in [0.5, 0.6) is 0 Å². The van der Waals surface area contributed by atoms with Crippen LogP contribution in [0.1, 0.15) is 5.56 Å². The summed E-state index contributed by atoms with van der Waals surface area (Å²) in [5, 5.41) is 0. The second-order valence-electron chi connectivity index (χ2n) is 3.61. The van der Waals surface area contributed by atoms with Gasteiger partial charge in [0.15, 0.2) is 0 Å². The maximum atomic E-state index is 13.4. The highest BCUT2D eigenvalue weighted by atomic mass is 19.1. The van der Waals surface area contributed by atoms with Crippen molar-refractivity contribution in [1.82, 2.24) is 0 Å². The van der Waals surface area contributed by atoms with Crippen LogP contribution in [0, 0.1) is 24.4 Å². The van der Waals surface area contributed by atoms with Gasteiger partial charge in [-0.2, -0.15) is 0 Å². The topological polar surface area (TPSA) is 0 Å². The Morgan fingerprint density at radius 2 is 1.31 bits per heavy atom. The van der Waals surface area contributed by atoms with Gasteiger partial charge in [-0.3, -0.25) is 0 Å². The molecule has 0 atom stereocenters. The summed E-state index contributed by atoms with van der Waals surface area (Å²) in [6, 6.07) is 8.06. The van der Waals surface area contributed by atoms with E-state index < -0.39 is 17.5 Å². The molecule has 2 rings (SSSR count). The van der Waals surface area contributed by atoms with Gasteiger partial charge in [0.1, 0.15) is 17.5 Å². The van der Waals surface area contributed by atoms with Crippen LogP contribution < -0.4 is 0 Å². The molecule has 82 valence electrons. The Hall–Kier alpha value is -1.77. The van der Waals surface area contributed by atoms with E-state index in [4.69, 9.17) is 0 Å². The Bertz CT molecular complexity index is 492. The third-order valence-electron chi connectivity index (χ3n) is 2.35. The van der Waals surface area contributed by atoms with E-state index in [1.165, 1.54) is 0 Å². The fraction of sp³-hybridized carbons (Fsp3) is 0.0769. The summed E-state index contributed by atoms with van der Waals surface area (Å²) in [6.07, 6.45) is 0. The van der Waals surface area contributed by atoms with E-state index in [1.54, 1.807) is 24.3 Å². The first-order valence-corrected chi connectivity index (χ1v) is 4.79. The molecule has 0 fully saturated rings. The van der Waals surface area contributed by atoms with Gasteiger partial charge in [-0.1, -0.05) is 29.8 Å². The van der Waals surface area contributed by atoms with Gasteiger partial charge in [0.05, 0.1) is 5.56 Å². The van der Waals surface area contributed by atoms with Crippen molar-refractivity contribution >= 4 is 0 Å². The van der Waals surface area contributed by atoms with Gasteiger partial charge in [-0.15, -0.1) is 0 Å². The lowest BCUT2D eigenvalue weighted by atomic mass is 10.0. The zero-order valence-corrected chi connectivity index (χ0v) is 8.60. The standard InChI is InChI=1S/C13H9F3/c1-8-2-4-9(5-3-8)13-11(15)6-10(14)7-12(13)16/h2-7H,1H3. The molecular weight excluding hydrogens is 213 g/mol. The minimum atomic E-state index is -0.911. The van der Waals surface area contributed by atoms with Crippen molar-refractivity contribution in [2.24, 2.45) is 0 Å². The molecule has 0 heterocycles. The van der Waals surface area contributed by atoms with E-state index in [1.807, 2.05) is 6.92 Å². The van der Waals surface area contributed by atoms with Gasteiger partial charge in [-0.05, 0) is 12.5 Å². The molecule has 0 aliphatic carbocycles. The largest absolute Gasteiger partial charge is 0.207 e. The third kappa shape index (κ3) is 1.94. The Morgan fingerprint density at radius 3 is 1.81 bits per heavy atom. The molecule has 2 aromatic rings. The lowest BCUT2D eigenvalue weighted by Crippen LogP contribution is -1.92. The minimum absolute atomic E-state index is 0.193. The molecule has 0 spiro atoms. The quantitative estimate of drug-likeness (QED) is 0.682. The summed E-state index contributed by atoms with van der Waals surface area (Å²) < 4.78 is 39.5. The number of aryl methyl sites for hydroxylation is 1. The molecule has 0 nitrogen and oxygen atoms in total.